The zero-order valence-electron chi connectivity index (χ0n) is 9.82. The van der Waals surface area contributed by atoms with Crippen LogP contribution < -0.4 is 5.32 Å². The summed E-state index contributed by atoms with van der Waals surface area (Å²) in [6.45, 7) is 3.38. The average molecular weight is 223 g/mol. The summed E-state index contributed by atoms with van der Waals surface area (Å²) in [4.78, 5) is 17.0. The van der Waals surface area contributed by atoms with Crippen LogP contribution in [0.5, 0.6) is 0 Å². The number of aromatic carboxylic acids is 1. The Kier molecular flexibility index (Phi) is 4.25. The van der Waals surface area contributed by atoms with E-state index in [1.165, 1.54) is 0 Å². The third-order valence-electron chi connectivity index (χ3n) is 2.18. The number of anilines is 1. The van der Waals surface area contributed by atoms with Crippen LogP contribution in [0.3, 0.4) is 0 Å². The highest BCUT2D eigenvalue weighted by Gasteiger charge is 2.08. The second kappa shape index (κ2) is 5.46. The molecule has 1 heterocycles. The van der Waals surface area contributed by atoms with E-state index in [2.05, 4.69) is 15.2 Å². The molecule has 5 heteroatoms. The Bertz CT molecular complexity index is 377. The number of hydrogen-bond donors (Lipinski definition) is 2. The van der Waals surface area contributed by atoms with Crippen molar-refractivity contribution in [1.82, 2.24) is 9.88 Å². The van der Waals surface area contributed by atoms with Gasteiger partial charge in [-0.15, -0.1) is 0 Å². The molecule has 0 radical (unpaired) electrons. The van der Waals surface area contributed by atoms with Gasteiger partial charge < -0.3 is 15.3 Å². The average Bonchev–Trinajstić information content (AvgIpc) is 2.16. The Balaban J connectivity index is 2.63. The zero-order valence-corrected chi connectivity index (χ0v) is 9.82. The van der Waals surface area contributed by atoms with Crippen molar-refractivity contribution in [2.45, 2.75) is 6.92 Å². The summed E-state index contributed by atoms with van der Waals surface area (Å²) in [5.41, 5.74) is 0.778. The zero-order chi connectivity index (χ0) is 12.1. The van der Waals surface area contributed by atoms with E-state index in [-0.39, 0.29) is 5.56 Å². The van der Waals surface area contributed by atoms with Gasteiger partial charge in [-0.1, -0.05) is 0 Å². The van der Waals surface area contributed by atoms with E-state index >= 15 is 0 Å². The molecular weight excluding hydrogens is 206 g/mol. The maximum absolute atomic E-state index is 10.8. The summed E-state index contributed by atoms with van der Waals surface area (Å²) in [6, 6.07) is 3.26. The number of carbonyl (C=O) groups is 1. The molecule has 0 saturated heterocycles. The normalized spacial score (nSPS) is 10.5. The number of aryl methyl sites for hydroxylation is 1. The number of rotatable bonds is 5. The highest BCUT2D eigenvalue weighted by Crippen LogP contribution is 2.10. The smallest absolute Gasteiger partial charge is 0.337 e. The molecule has 0 unspecified atom stereocenters. The van der Waals surface area contributed by atoms with Crippen LogP contribution in [-0.2, 0) is 0 Å². The van der Waals surface area contributed by atoms with Gasteiger partial charge in [0.1, 0.15) is 5.82 Å². The lowest BCUT2D eigenvalue weighted by Gasteiger charge is -2.11. The van der Waals surface area contributed by atoms with Crippen molar-refractivity contribution in [3.63, 3.8) is 0 Å². The minimum absolute atomic E-state index is 0.248. The van der Waals surface area contributed by atoms with E-state index in [0.717, 1.165) is 13.1 Å². The Morgan fingerprint density at radius 1 is 1.50 bits per heavy atom. The van der Waals surface area contributed by atoms with Crippen LogP contribution in [-0.4, -0.2) is 48.1 Å². The van der Waals surface area contributed by atoms with E-state index in [1.807, 2.05) is 14.1 Å². The van der Waals surface area contributed by atoms with E-state index in [0.29, 0.717) is 11.5 Å². The molecule has 0 aromatic carbocycles. The van der Waals surface area contributed by atoms with Crippen molar-refractivity contribution >= 4 is 11.8 Å². The van der Waals surface area contributed by atoms with Crippen LogP contribution in [0, 0.1) is 6.92 Å². The molecular formula is C11H17N3O2. The number of carboxylic acids is 1. The Labute approximate surface area is 95.1 Å². The molecule has 0 aliphatic carbocycles. The highest BCUT2D eigenvalue weighted by atomic mass is 16.4. The number of likely N-dealkylation sites (N-methyl/N-ethyl adjacent to an activating group) is 1. The van der Waals surface area contributed by atoms with Crippen molar-refractivity contribution < 1.29 is 9.90 Å². The Morgan fingerprint density at radius 2 is 2.19 bits per heavy atom. The monoisotopic (exact) mass is 223 g/mol. The van der Waals surface area contributed by atoms with E-state index in [1.54, 1.807) is 19.1 Å². The third kappa shape index (κ3) is 3.51. The molecule has 5 nitrogen and oxygen atoms in total. The van der Waals surface area contributed by atoms with Crippen molar-refractivity contribution in [3.05, 3.63) is 23.4 Å². The topological polar surface area (TPSA) is 65.5 Å². The number of pyridine rings is 1. The molecule has 0 spiro atoms. The fourth-order valence-corrected chi connectivity index (χ4v) is 1.29. The van der Waals surface area contributed by atoms with Gasteiger partial charge in [0.25, 0.3) is 0 Å². The van der Waals surface area contributed by atoms with Gasteiger partial charge >= 0.3 is 5.97 Å². The molecule has 2 N–H and O–H groups in total. The van der Waals surface area contributed by atoms with Crippen molar-refractivity contribution in [2.24, 2.45) is 0 Å². The molecule has 16 heavy (non-hydrogen) atoms. The fraction of sp³-hybridized carbons (Fsp3) is 0.455. The number of carboxylic acid groups (broad SMARTS) is 1. The van der Waals surface area contributed by atoms with Crippen LogP contribution in [0.2, 0.25) is 0 Å². The summed E-state index contributed by atoms with van der Waals surface area (Å²) >= 11 is 0. The second-order valence-electron chi connectivity index (χ2n) is 3.86. The fourth-order valence-electron chi connectivity index (χ4n) is 1.29. The highest BCUT2D eigenvalue weighted by molar-refractivity contribution is 5.89. The minimum Gasteiger partial charge on any atom is -0.478 e. The lowest BCUT2D eigenvalue weighted by atomic mass is 10.2. The number of hydrogen-bond acceptors (Lipinski definition) is 4. The molecule has 0 bridgehead atoms. The maximum atomic E-state index is 10.8. The van der Waals surface area contributed by atoms with Gasteiger partial charge in [0.15, 0.2) is 0 Å². The molecule has 0 atom stereocenters. The first-order valence-corrected chi connectivity index (χ1v) is 5.10. The van der Waals surface area contributed by atoms with Crippen LogP contribution in [0.4, 0.5) is 5.82 Å². The number of nitrogens with zero attached hydrogens (tertiary/aromatic N) is 2. The van der Waals surface area contributed by atoms with Gasteiger partial charge in [0.05, 0.1) is 11.3 Å². The van der Waals surface area contributed by atoms with Gasteiger partial charge in [-0.05, 0) is 33.2 Å². The molecule has 0 fully saturated rings. The number of nitrogens with one attached hydrogen (secondary N) is 1. The standard InChI is InChI=1S/C11H17N3O2/c1-8-9(11(15)16)4-5-10(13-8)12-6-7-14(2)3/h4-5H,6-7H2,1-3H3,(H,12,13)(H,15,16). The van der Waals surface area contributed by atoms with Gasteiger partial charge in [0.2, 0.25) is 0 Å². The summed E-state index contributed by atoms with van der Waals surface area (Å²) in [6.07, 6.45) is 0. The van der Waals surface area contributed by atoms with Crippen LogP contribution in [0.1, 0.15) is 16.1 Å². The van der Waals surface area contributed by atoms with Gasteiger partial charge in [-0.2, -0.15) is 0 Å². The van der Waals surface area contributed by atoms with Gasteiger partial charge in [-0.25, -0.2) is 9.78 Å². The first-order chi connectivity index (χ1) is 7.50. The maximum Gasteiger partial charge on any atom is 0.337 e. The predicted octanol–water partition coefficient (Wildman–Crippen LogP) is 1.06. The van der Waals surface area contributed by atoms with Gasteiger partial charge in [-0.3, -0.25) is 0 Å². The molecule has 0 aliphatic heterocycles. The quantitative estimate of drug-likeness (QED) is 0.781. The van der Waals surface area contributed by atoms with Crippen molar-refractivity contribution in [1.29, 1.82) is 0 Å². The molecule has 1 aromatic heterocycles. The van der Waals surface area contributed by atoms with E-state index < -0.39 is 5.97 Å². The van der Waals surface area contributed by atoms with Crippen LogP contribution in [0.15, 0.2) is 12.1 Å². The third-order valence-corrected chi connectivity index (χ3v) is 2.18. The van der Waals surface area contributed by atoms with Crippen molar-refractivity contribution in [2.75, 3.05) is 32.5 Å². The summed E-state index contributed by atoms with van der Waals surface area (Å²) in [5, 5.41) is 12.0. The summed E-state index contributed by atoms with van der Waals surface area (Å²) in [5.74, 6) is -0.228. The van der Waals surface area contributed by atoms with Crippen LogP contribution >= 0.6 is 0 Å². The molecule has 0 aliphatic rings. The van der Waals surface area contributed by atoms with E-state index in [4.69, 9.17) is 5.11 Å². The van der Waals surface area contributed by atoms with E-state index in [9.17, 15) is 4.79 Å². The van der Waals surface area contributed by atoms with Gasteiger partial charge in [0, 0.05) is 13.1 Å². The SMILES string of the molecule is Cc1nc(NCCN(C)C)ccc1C(=O)O. The minimum atomic E-state index is -0.940. The first kappa shape index (κ1) is 12.4. The lowest BCUT2D eigenvalue weighted by Crippen LogP contribution is -2.21. The predicted molar refractivity (Wildman–Crippen MR) is 63.0 cm³/mol. The summed E-state index contributed by atoms with van der Waals surface area (Å²) in [7, 11) is 3.99. The largest absolute Gasteiger partial charge is 0.478 e. The molecule has 1 aromatic rings. The molecule has 0 amide bonds. The second-order valence-corrected chi connectivity index (χ2v) is 3.86. The Hall–Kier alpha value is -1.62. The molecule has 88 valence electrons. The molecule has 0 saturated carbocycles. The van der Waals surface area contributed by atoms with Crippen molar-refractivity contribution in [3.8, 4) is 0 Å². The lowest BCUT2D eigenvalue weighted by molar-refractivity contribution is 0.0695. The van der Waals surface area contributed by atoms with Crippen LogP contribution in [0.25, 0.3) is 0 Å². The number of aromatic nitrogens is 1. The first-order valence-electron chi connectivity index (χ1n) is 5.10. The Morgan fingerprint density at radius 3 is 2.69 bits per heavy atom. The molecule has 1 rings (SSSR count). The summed E-state index contributed by atoms with van der Waals surface area (Å²) < 4.78 is 0.